The Morgan fingerprint density at radius 2 is 1.68 bits per heavy atom. The van der Waals surface area contributed by atoms with Gasteiger partial charge in [0.05, 0.1) is 10.7 Å². The van der Waals surface area contributed by atoms with Crippen molar-refractivity contribution in [3.05, 3.63) is 65.2 Å². The Balaban J connectivity index is 1.50. The fourth-order valence-electron chi connectivity index (χ4n) is 3.82. The molecule has 2 aromatic carbocycles. The van der Waals surface area contributed by atoms with Crippen LogP contribution in [0.15, 0.2) is 54.6 Å². The van der Waals surface area contributed by atoms with Gasteiger partial charge in [0.15, 0.2) is 0 Å². The largest absolute Gasteiger partial charge is 0.343 e. The van der Waals surface area contributed by atoms with E-state index in [1.54, 1.807) is 11.0 Å². The van der Waals surface area contributed by atoms with Crippen molar-refractivity contribution in [2.45, 2.75) is 32.6 Å². The average Bonchev–Trinajstić information content (AvgIpc) is 2.70. The number of piperidine rings is 1. The zero-order chi connectivity index (χ0) is 19.9. The van der Waals surface area contributed by atoms with E-state index in [0.717, 1.165) is 32.4 Å². The number of hydrogen-bond donors (Lipinski definition) is 0. The van der Waals surface area contributed by atoms with Crippen LogP contribution in [-0.2, 0) is 16.0 Å². The standard InChI is InChI=1S/C23H27ClN2O2/c1-18(27)26(22-10-6-5-9-21(22)24)16-13-23(28)25-14-11-20(12-15-25)17-19-7-3-2-4-8-19/h2-10,20H,11-17H2,1H3. The Morgan fingerprint density at radius 3 is 2.32 bits per heavy atom. The second kappa shape index (κ2) is 9.74. The molecular formula is C23H27ClN2O2. The number of nitrogens with zero attached hydrogens (tertiary/aromatic N) is 2. The van der Waals surface area contributed by atoms with E-state index in [9.17, 15) is 9.59 Å². The maximum absolute atomic E-state index is 12.7. The molecule has 0 unspecified atom stereocenters. The van der Waals surface area contributed by atoms with Crippen LogP contribution in [0.2, 0.25) is 5.02 Å². The fraction of sp³-hybridized carbons (Fsp3) is 0.391. The molecule has 0 N–H and O–H groups in total. The summed E-state index contributed by atoms with van der Waals surface area (Å²) in [7, 11) is 0. The van der Waals surface area contributed by atoms with Crippen LogP contribution in [-0.4, -0.2) is 36.3 Å². The SMILES string of the molecule is CC(=O)N(CCC(=O)N1CCC(Cc2ccccc2)CC1)c1ccccc1Cl. The molecule has 2 amide bonds. The van der Waals surface area contributed by atoms with Crippen molar-refractivity contribution in [3.63, 3.8) is 0 Å². The molecule has 1 aliphatic rings. The van der Waals surface area contributed by atoms with Crippen LogP contribution in [0.25, 0.3) is 0 Å². The van der Waals surface area contributed by atoms with Crippen molar-refractivity contribution in [1.82, 2.24) is 4.90 Å². The van der Waals surface area contributed by atoms with E-state index in [1.807, 2.05) is 29.2 Å². The summed E-state index contributed by atoms with van der Waals surface area (Å²) in [4.78, 5) is 28.2. The van der Waals surface area contributed by atoms with Gasteiger partial charge in [0, 0.05) is 33.0 Å². The zero-order valence-corrected chi connectivity index (χ0v) is 17.1. The lowest BCUT2D eigenvalue weighted by Crippen LogP contribution is -2.41. The highest BCUT2D eigenvalue weighted by Gasteiger charge is 2.24. The first-order chi connectivity index (χ1) is 13.5. The highest BCUT2D eigenvalue weighted by molar-refractivity contribution is 6.33. The van der Waals surface area contributed by atoms with Gasteiger partial charge in [0.2, 0.25) is 11.8 Å². The minimum Gasteiger partial charge on any atom is -0.343 e. The van der Waals surface area contributed by atoms with Crippen molar-refractivity contribution in [1.29, 1.82) is 0 Å². The van der Waals surface area contributed by atoms with Crippen LogP contribution in [0.4, 0.5) is 5.69 Å². The summed E-state index contributed by atoms with van der Waals surface area (Å²) in [5.74, 6) is 0.627. The Morgan fingerprint density at radius 1 is 1.04 bits per heavy atom. The van der Waals surface area contributed by atoms with Gasteiger partial charge in [-0.05, 0) is 42.9 Å². The van der Waals surface area contributed by atoms with E-state index in [0.29, 0.717) is 29.6 Å². The quantitative estimate of drug-likeness (QED) is 0.715. The highest BCUT2D eigenvalue weighted by Crippen LogP contribution is 2.26. The molecule has 1 aliphatic heterocycles. The second-order valence-corrected chi connectivity index (χ2v) is 7.79. The summed E-state index contributed by atoms with van der Waals surface area (Å²) < 4.78 is 0. The monoisotopic (exact) mass is 398 g/mol. The maximum Gasteiger partial charge on any atom is 0.224 e. The Bertz CT molecular complexity index is 801. The number of carbonyl (C=O) groups is 2. The molecule has 5 heteroatoms. The van der Waals surface area contributed by atoms with Crippen molar-refractivity contribution in [3.8, 4) is 0 Å². The smallest absolute Gasteiger partial charge is 0.224 e. The molecule has 28 heavy (non-hydrogen) atoms. The minimum absolute atomic E-state index is 0.108. The lowest BCUT2D eigenvalue weighted by atomic mass is 9.90. The molecular weight excluding hydrogens is 372 g/mol. The molecule has 0 radical (unpaired) electrons. The molecule has 148 valence electrons. The molecule has 1 saturated heterocycles. The van der Waals surface area contributed by atoms with E-state index >= 15 is 0 Å². The Hall–Kier alpha value is -2.33. The van der Waals surface area contributed by atoms with E-state index in [2.05, 4.69) is 24.3 Å². The summed E-state index contributed by atoms with van der Waals surface area (Å²) in [6.07, 6.45) is 3.45. The molecule has 0 aliphatic carbocycles. The number of rotatable bonds is 6. The van der Waals surface area contributed by atoms with E-state index in [4.69, 9.17) is 11.6 Å². The predicted molar refractivity (Wildman–Crippen MR) is 114 cm³/mol. The van der Waals surface area contributed by atoms with Crippen LogP contribution in [0, 0.1) is 5.92 Å². The molecule has 4 nitrogen and oxygen atoms in total. The maximum atomic E-state index is 12.7. The Kier molecular flexibility index (Phi) is 7.10. The van der Waals surface area contributed by atoms with Crippen LogP contribution < -0.4 is 4.90 Å². The van der Waals surface area contributed by atoms with E-state index < -0.39 is 0 Å². The molecule has 0 atom stereocenters. The number of halogens is 1. The number of likely N-dealkylation sites (tertiary alicyclic amines) is 1. The van der Waals surface area contributed by atoms with Gasteiger partial charge >= 0.3 is 0 Å². The minimum atomic E-state index is -0.109. The van der Waals surface area contributed by atoms with Crippen LogP contribution in [0.1, 0.15) is 31.7 Å². The topological polar surface area (TPSA) is 40.6 Å². The van der Waals surface area contributed by atoms with Crippen LogP contribution in [0.3, 0.4) is 0 Å². The third kappa shape index (κ3) is 5.35. The van der Waals surface area contributed by atoms with Gasteiger partial charge in [0.1, 0.15) is 0 Å². The van der Waals surface area contributed by atoms with Crippen molar-refractivity contribution in [2.24, 2.45) is 5.92 Å². The van der Waals surface area contributed by atoms with Crippen molar-refractivity contribution in [2.75, 3.05) is 24.5 Å². The zero-order valence-electron chi connectivity index (χ0n) is 16.3. The number of benzene rings is 2. The first kappa shape index (κ1) is 20.4. The number of carbonyl (C=O) groups excluding carboxylic acids is 2. The van der Waals surface area contributed by atoms with Crippen LogP contribution >= 0.6 is 11.6 Å². The first-order valence-electron chi connectivity index (χ1n) is 9.89. The van der Waals surface area contributed by atoms with Crippen molar-refractivity contribution < 1.29 is 9.59 Å². The molecule has 0 bridgehead atoms. The summed E-state index contributed by atoms with van der Waals surface area (Å²) >= 11 is 6.22. The number of anilines is 1. The third-order valence-corrected chi connectivity index (χ3v) is 5.73. The summed E-state index contributed by atoms with van der Waals surface area (Å²) in [6.45, 7) is 3.44. The average molecular weight is 399 g/mol. The lowest BCUT2D eigenvalue weighted by molar-refractivity contribution is -0.132. The summed E-state index contributed by atoms with van der Waals surface area (Å²) in [5.41, 5.74) is 2.02. The molecule has 2 aromatic rings. The first-order valence-corrected chi connectivity index (χ1v) is 10.3. The summed E-state index contributed by atoms with van der Waals surface area (Å²) in [6, 6.07) is 17.8. The van der Waals surface area contributed by atoms with Gasteiger partial charge in [-0.2, -0.15) is 0 Å². The van der Waals surface area contributed by atoms with Crippen molar-refractivity contribution >= 4 is 29.1 Å². The molecule has 1 fully saturated rings. The highest BCUT2D eigenvalue weighted by atomic mass is 35.5. The predicted octanol–water partition coefficient (Wildman–Crippen LogP) is 4.56. The van der Waals surface area contributed by atoms with Gasteiger partial charge in [0.25, 0.3) is 0 Å². The fourth-order valence-corrected chi connectivity index (χ4v) is 4.06. The second-order valence-electron chi connectivity index (χ2n) is 7.39. The van der Waals surface area contributed by atoms with Gasteiger partial charge in [-0.15, -0.1) is 0 Å². The number of hydrogen-bond acceptors (Lipinski definition) is 2. The van der Waals surface area contributed by atoms with Gasteiger partial charge in [-0.25, -0.2) is 0 Å². The molecule has 1 heterocycles. The van der Waals surface area contributed by atoms with E-state index in [1.165, 1.54) is 12.5 Å². The normalized spacial score (nSPS) is 14.7. The molecule has 3 rings (SSSR count). The summed E-state index contributed by atoms with van der Waals surface area (Å²) in [5, 5.41) is 0.520. The lowest BCUT2D eigenvalue weighted by Gasteiger charge is -2.33. The molecule has 0 spiro atoms. The van der Waals surface area contributed by atoms with Crippen LogP contribution in [0.5, 0.6) is 0 Å². The van der Waals surface area contributed by atoms with Gasteiger partial charge < -0.3 is 9.80 Å². The van der Waals surface area contributed by atoms with E-state index in [-0.39, 0.29) is 11.8 Å². The molecule has 0 aromatic heterocycles. The van der Waals surface area contributed by atoms with Gasteiger partial charge in [-0.3, -0.25) is 9.59 Å². The number of para-hydroxylation sites is 1. The Labute approximate surface area is 172 Å². The molecule has 0 saturated carbocycles. The number of amides is 2. The third-order valence-electron chi connectivity index (χ3n) is 5.41. The van der Waals surface area contributed by atoms with Gasteiger partial charge in [-0.1, -0.05) is 54.1 Å².